The fourth-order valence-corrected chi connectivity index (χ4v) is 1.74. The molecule has 5 heteroatoms. The van der Waals surface area contributed by atoms with Crippen molar-refractivity contribution >= 4 is 17.6 Å². The van der Waals surface area contributed by atoms with E-state index in [1.807, 2.05) is 30.3 Å². The second-order valence-electron chi connectivity index (χ2n) is 4.42. The lowest BCUT2D eigenvalue weighted by Crippen LogP contribution is -2.31. The van der Waals surface area contributed by atoms with E-state index in [0.717, 1.165) is 5.56 Å². The molecule has 21 heavy (non-hydrogen) atoms. The van der Waals surface area contributed by atoms with Crippen LogP contribution in [0.1, 0.15) is 15.9 Å². The van der Waals surface area contributed by atoms with Crippen LogP contribution in [0.15, 0.2) is 54.6 Å². The molecule has 0 saturated carbocycles. The third kappa shape index (κ3) is 4.35. The summed E-state index contributed by atoms with van der Waals surface area (Å²) in [4.78, 5) is 23.4. The third-order valence-electron chi connectivity index (χ3n) is 2.84. The quantitative estimate of drug-likeness (QED) is 0.647. The van der Waals surface area contributed by atoms with Crippen LogP contribution < -0.4 is 11.1 Å². The number of nitrogens with two attached hydrogens (primary N) is 1. The van der Waals surface area contributed by atoms with Crippen LogP contribution in [0.25, 0.3) is 0 Å². The van der Waals surface area contributed by atoms with Crippen molar-refractivity contribution in [3.63, 3.8) is 0 Å². The van der Waals surface area contributed by atoms with Crippen LogP contribution >= 0.6 is 0 Å². The Morgan fingerprint density at radius 2 is 1.67 bits per heavy atom. The molecule has 0 unspecified atom stereocenters. The van der Waals surface area contributed by atoms with Crippen LogP contribution in [-0.2, 0) is 16.1 Å². The monoisotopic (exact) mass is 284 g/mol. The molecule has 0 spiro atoms. The maximum absolute atomic E-state index is 11.8. The van der Waals surface area contributed by atoms with E-state index in [0.29, 0.717) is 11.3 Å². The molecule has 0 aliphatic carbocycles. The Morgan fingerprint density at radius 3 is 2.38 bits per heavy atom. The molecule has 0 saturated heterocycles. The topological polar surface area (TPSA) is 81.4 Å². The van der Waals surface area contributed by atoms with E-state index in [4.69, 9.17) is 10.5 Å². The molecule has 3 N–H and O–H groups in total. The highest BCUT2D eigenvalue weighted by molar-refractivity contribution is 6.00. The highest BCUT2D eigenvalue weighted by atomic mass is 16.5. The number of anilines is 1. The average molecular weight is 284 g/mol. The van der Waals surface area contributed by atoms with Crippen LogP contribution in [0.5, 0.6) is 0 Å². The minimum atomic E-state index is -0.498. The van der Waals surface area contributed by atoms with Crippen molar-refractivity contribution in [2.45, 2.75) is 6.61 Å². The number of para-hydroxylation sites is 1. The molecule has 2 aromatic rings. The maximum atomic E-state index is 11.8. The van der Waals surface area contributed by atoms with Gasteiger partial charge >= 0.3 is 5.97 Å². The second-order valence-corrected chi connectivity index (χ2v) is 4.42. The Kier molecular flexibility index (Phi) is 4.93. The molecule has 0 aromatic heterocycles. The standard InChI is InChI=1S/C16H16N2O3/c17-14-9-5-4-8-13(14)16(20)18-10-15(19)21-11-12-6-2-1-3-7-12/h1-9H,10-11,17H2,(H,18,20). The van der Waals surface area contributed by atoms with E-state index in [2.05, 4.69) is 5.32 Å². The van der Waals surface area contributed by atoms with Gasteiger partial charge in [-0.3, -0.25) is 9.59 Å². The summed E-state index contributed by atoms with van der Waals surface area (Å²) >= 11 is 0. The molecule has 0 bridgehead atoms. The zero-order chi connectivity index (χ0) is 15.1. The summed E-state index contributed by atoms with van der Waals surface area (Å²) in [6.45, 7) is -0.0109. The fourth-order valence-electron chi connectivity index (χ4n) is 1.74. The predicted molar refractivity (Wildman–Crippen MR) is 79.4 cm³/mol. The largest absolute Gasteiger partial charge is 0.460 e. The Labute approximate surface area is 122 Å². The van der Waals surface area contributed by atoms with Gasteiger partial charge < -0.3 is 15.8 Å². The van der Waals surface area contributed by atoms with Crippen LogP contribution in [0.3, 0.4) is 0 Å². The van der Waals surface area contributed by atoms with Crippen molar-refractivity contribution in [3.8, 4) is 0 Å². The van der Waals surface area contributed by atoms with Gasteiger partial charge in [0.2, 0.25) is 0 Å². The van der Waals surface area contributed by atoms with E-state index in [1.54, 1.807) is 24.3 Å². The Hall–Kier alpha value is -2.82. The predicted octanol–water partition coefficient (Wildman–Crippen LogP) is 1.74. The lowest BCUT2D eigenvalue weighted by Gasteiger charge is -2.08. The molecule has 0 heterocycles. The van der Waals surface area contributed by atoms with Gasteiger partial charge in [0.15, 0.2) is 0 Å². The third-order valence-corrected chi connectivity index (χ3v) is 2.84. The molecule has 0 radical (unpaired) electrons. The minimum Gasteiger partial charge on any atom is -0.460 e. The summed E-state index contributed by atoms with van der Waals surface area (Å²) in [5, 5.41) is 2.48. The number of carbonyl (C=O) groups excluding carboxylic acids is 2. The number of nitrogen functional groups attached to an aromatic ring is 1. The van der Waals surface area contributed by atoms with Gasteiger partial charge in [-0.05, 0) is 17.7 Å². The average Bonchev–Trinajstić information content (AvgIpc) is 2.52. The number of nitrogens with one attached hydrogen (secondary N) is 1. The zero-order valence-electron chi connectivity index (χ0n) is 11.4. The number of esters is 1. The maximum Gasteiger partial charge on any atom is 0.325 e. The van der Waals surface area contributed by atoms with Gasteiger partial charge in [-0.2, -0.15) is 0 Å². The Bertz CT molecular complexity index is 626. The number of amides is 1. The zero-order valence-corrected chi connectivity index (χ0v) is 11.4. The first-order chi connectivity index (χ1) is 10.2. The summed E-state index contributed by atoms with van der Waals surface area (Å²) in [5.74, 6) is -0.897. The van der Waals surface area contributed by atoms with Crippen LogP contribution in [0.2, 0.25) is 0 Å². The fraction of sp³-hybridized carbons (Fsp3) is 0.125. The number of hydrogen-bond acceptors (Lipinski definition) is 4. The first-order valence-corrected chi connectivity index (χ1v) is 6.49. The molecule has 5 nitrogen and oxygen atoms in total. The van der Waals surface area contributed by atoms with E-state index in [1.165, 1.54) is 0 Å². The lowest BCUT2D eigenvalue weighted by molar-refractivity contribution is -0.143. The first-order valence-electron chi connectivity index (χ1n) is 6.49. The normalized spacial score (nSPS) is 9.90. The van der Waals surface area contributed by atoms with Gasteiger partial charge in [-0.1, -0.05) is 42.5 Å². The summed E-state index contributed by atoms with van der Waals surface area (Å²) in [6, 6.07) is 16.0. The van der Waals surface area contributed by atoms with Crippen LogP contribution in [-0.4, -0.2) is 18.4 Å². The van der Waals surface area contributed by atoms with Crippen molar-refractivity contribution in [2.24, 2.45) is 0 Å². The molecular weight excluding hydrogens is 268 g/mol. The van der Waals surface area contributed by atoms with Gasteiger partial charge in [-0.15, -0.1) is 0 Å². The van der Waals surface area contributed by atoms with Gasteiger partial charge in [-0.25, -0.2) is 0 Å². The van der Waals surface area contributed by atoms with Crippen molar-refractivity contribution < 1.29 is 14.3 Å². The molecule has 0 fully saturated rings. The summed E-state index contributed by atoms with van der Waals surface area (Å²) < 4.78 is 5.06. The molecule has 108 valence electrons. The summed E-state index contributed by atoms with van der Waals surface area (Å²) in [5.41, 5.74) is 7.29. The van der Waals surface area contributed by atoms with Gasteiger partial charge in [0, 0.05) is 5.69 Å². The molecule has 0 aliphatic heterocycles. The van der Waals surface area contributed by atoms with E-state index in [9.17, 15) is 9.59 Å². The smallest absolute Gasteiger partial charge is 0.325 e. The Morgan fingerprint density at radius 1 is 1.00 bits per heavy atom. The second kappa shape index (κ2) is 7.09. The first kappa shape index (κ1) is 14.6. The van der Waals surface area contributed by atoms with Crippen molar-refractivity contribution in [2.75, 3.05) is 12.3 Å². The van der Waals surface area contributed by atoms with Gasteiger partial charge in [0.1, 0.15) is 13.2 Å². The number of ether oxygens (including phenoxy) is 1. The molecule has 2 rings (SSSR count). The highest BCUT2D eigenvalue weighted by Gasteiger charge is 2.11. The lowest BCUT2D eigenvalue weighted by atomic mass is 10.2. The number of rotatable bonds is 5. The van der Waals surface area contributed by atoms with Crippen LogP contribution in [0, 0.1) is 0 Å². The summed E-state index contributed by atoms with van der Waals surface area (Å²) in [6.07, 6.45) is 0. The number of benzene rings is 2. The summed E-state index contributed by atoms with van der Waals surface area (Å²) in [7, 11) is 0. The highest BCUT2D eigenvalue weighted by Crippen LogP contribution is 2.09. The Balaban J connectivity index is 1.79. The SMILES string of the molecule is Nc1ccccc1C(=O)NCC(=O)OCc1ccccc1. The molecular formula is C16H16N2O3. The van der Waals surface area contributed by atoms with E-state index >= 15 is 0 Å². The van der Waals surface area contributed by atoms with Gasteiger partial charge in [0.25, 0.3) is 5.91 Å². The minimum absolute atomic E-state index is 0.184. The molecule has 2 aromatic carbocycles. The number of carbonyl (C=O) groups is 2. The molecule has 0 aliphatic rings. The van der Waals surface area contributed by atoms with Crippen molar-refractivity contribution in [1.29, 1.82) is 0 Å². The molecule has 1 amide bonds. The van der Waals surface area contributed by atoms with E-state index in [-0.39, 0.29) is 13.2 Å². The number of hydrogen-bond donors (Lipinski definition) is 2. The molecule has 0 atom stereocenters. The van der Waals surface area contributed by atoms with Gasteiger partial charge in [0.05, 0.1) is 5.56 Å². The van der Waals surface area contributed by atoms with E-state index < -0.39 is 11.9 Å². The van der Waals surface area contributed by atoms with Crippen molar-refractivity contribution in [3.05, 3.63) is 65.7 Å². The van der Waals surface area contributed by atoms with Crippen molar-refractivity contribution in [1.82, 2.24) is 5.32 Å². The van der Waals surface area contributed by atoms with Crippen LogP contribution in [0.4, 0.5) is 5.69 Å².